The van der Waals surface area contributed by atoms with Gasteiger partial charge in [-0.05, 0) is 43.7 Å². The first kappa shape index (κ1) is 18.2. The predicted molar refractivity (Wildman–Crippen MR) is 110 cm³/mol. The summed E-state index contributed by atoms with van der Waals surface area (Å²) in [6.07, 6.45) is 0.767. The Hall–Kier alpha value is -3.88. The van der Waals surface area contributed by atoms with Crippen molar-refractivity contribution in [1.82, 2.24) is 14.9 Å². The normalized spacial score (nSPS) is 20.4. The Morgan fingerprint density at radius 1 is 1.10 bits per heavy atom. The van der Waals surface area contributed by atoms with Crippen LogP contribution in [-0.2, 0) is 9.59 Å². The van der Waals surface area contributed by atoms with Crippen molar-refractivity contribution < 1.29 is 14.4 Å². The Kier molecular flexibility index (Phi) is 3.82. The van der Waals surface area contributed by atoms with Crippen molar-refractivity contribution in [3.63, 3.8) is 0 Å². The third kappa shape index (κ3) is 2.62. The van der Waals surface area contributed by atoms with Gasteiger partial charge in [0.05, 0.1) is 22.3 Å². The number of carbonyl (C=O) groups is 3. The number of hydrogen-bond donors (Lipinski definition) is 3. The first-order valence-corrected chi connectivity index (χ1v) is 9.63. The van der Waals surface area contributed by atoms with Crippen LogP contribution in [-0.4, -0.2) is 44.8 Å². The molecule has 1 atom stereocenters. The van der Waals surface area contributed by atoms with Gasteiger partial charge in [-0.25, -0.2) is 4.79 Å². The van der Waals surface area contributed by atoms with Gasteiger partial charge in [-0.2, -0.15) is 0 Å². The van der Waals surface area contributed by atoms with Gasteiger partial charge >= 0.3 is 5.69 Å². The highest BCUT2D eigenvalue weighted by molar-refractivity contribution is 6.11. The Bertz CT molecular complexity index is 1280. The lowest BCUT2D eigenvalue weighted by Gasteiger charge is -2.48. The number of anilines is 2. The highest BCUT2D eigenvalue weighted by Crippen LogP contribution is 2.43. The first-order valence-electron chi connectivity index (χ1n) is 9.63. The number of H-pyrrole nitrogens is 2. The number of carbonyl (C=O) groups excluding carboxylic acids is 3. The highest BCUT2D eigenvalue weighted by Gasteiger charge is 2.53. The molecule has 3 aromatic rings. The molecule has 2 aromatic carbocycles. The van der Waals surface area contributed by atoms with E-state index >= 15 is 0 Å². The standard InChI is InChI=1S/C21H19N5O4/c1-21-9-8-18(28)26(21)16-5-3-2-4-13(16)19(29)25(21)11-17(27)22-12-6-7-14-15(10-12)24-20(30)23-14/h2-7,10H,8-9,11H2,1H3,(H,22,27)(H2,23,24,30)/t21-/m1/s1. The first-order chi connectivity index (χ1) is 14.4. The highest BCUT2D eigenvalue weighted by atomic mass is 16.2. The number of nitrogens with one attached hydrogen (secondary N) is 3. The maximum Gasteiger partial charge on any atom is 0.323 e. The molecule has 9 heteroatoms. The van der Waals surface area contributed by atoms with E-state index in [4.69, 9.17) is 0 Å². The van der Waals surface area contributed by atoms with E-state index in [1.165, 1.54) is 4.90 Å². The molecule has 2 aliphatic rings. The molecule has 1 saturated heterocycles. The summed E-state index contributed by atoms with van der Waals surface area (Å²) in [5.41, 5.74) is 1.47. The monoisotopic (exact) mass is 405 g/mol. The minimum absolute atomic E-state index is 0.0651. The number of aromatic amines is 2. The zero-order valence-electron chi connectivity index (χ0n) is 16.2. The summed E-state index contributed by atoms with van der Waals surface area (Å²) >= 11 is 0. The minimum atomic E-state index is -0.893. The van der Waals surface area contributed by atoms with Gasteiger partial charge in [-0.1, -0.05) is 12.1 Å². The van der Waals surface area contributed by atoms with Gasteiger partial charge in [0.15, 0.2) is 0 Å². The van der Waals surface area contributed by atoms with Crippen molar-refractivity contribution in [3.8, 4) is 0 Å². The summed E-state index contributed by atoms with van der Waals surface area (Å²) < 4.78 is 0. The number of hydrogen-bond acceptors (Lipinski definition) is 4. The van der Waals surface area contributed by atoms with Crippen LogP contribution in [0.1, 0.15) is 30.1 Å². The molecular weight excluding hydrogens is 386 g/mol. The molecule has 0 unspecified atom stereocenters. The second-order valence-electron chi connectivity index (χ2n) is 7.74. The summed E-state index contributed by atoms with van der Waals surface area (Å²) in [6, 6.07) is 12.0. The molecule has 0 saturated carbocycles. The van der Waals surface area contributed by atoms with Gasteiger partial charge in [-0.15, -0.1) is 0 Å². The molecule has 9 nitrogen and oxygen atoms in total. The molecule has 3 heterocycles. The smallest absolute Gasteiger partial charge is 0.323 e. The SMILES string of the molecule is C[C@]12CCC(=O)N1c1ccccc1C(=O)N2CC(=O)Nc1ccc2[nH]c(=O)[nH]c2c1. The fraction of sp³-hybridized carbons (Fsp3) is 0.238. The number of imidazole rings is 1. The number of aromatic nitrogens is 2. The summed E-state index contributed by atoms with van der Waals surface area (Å²) in [4.78, 5) is 58.4. The van der Waals surface area contributed by atoms with Crippen molar-refractivity contribution in [2.45, 2.75) is 25.4 Å². The van der Waals surface area contributed by atoms with E-state index in [0.717, 1.165) is 0 Å². The molecule has 1 fully saturated rings. The van der Waals surface area contributed by atoms with E-state index in [1.54, 1.807) is 47.4 Å². The van der Waals surface area contributed by atoms with E-state index in [1.807, 2.05) is 6.92 Å². The maximum absolute atomic E-state index is 13.2. The lowest BCUT2D eigenvalue weighted by atomic mass is 9.98. The van der Waals surface area contributed by atoms with Gasteiger partial charge in [0, 0.05) is 12.1 Å². The molecule has 5 rings (SSSR count). The predicted octanol–water partition coefficient (Wildman–Crippen LogP) is 1.79. The molecule has 0 spiro atoms. The molecule has 30 heavy (non-hydrogen) atoms. The minimum Gasteiger partial charge on any atom is -0.324 e. The van der Waals surface area contributed by atoms with Crippen LogP contribution in [0, 0.1) is 0 Å². The van der Waals surface area contributed by atoms with Crippen LogP contribution in [0.4, 0.5) is 11.4 Å². The number of para-hydroxylation sites is 1. The van der Waals surface area contributed by atoms with Crippen LogP contribution in [0.2, 0.25) is 0 Å². The molecule has 3 amide bonds. The largest absolute Gasteiger partial charge is 0.324 e. The Morgan fingerprint density at radius 2 is 1.87 bits per heavy atom. The average molecular weight is 405 g/mol. The summed E-state index contributed by atoms with van der Waals surface area (Å²) in [5.74, 6) is -0.732. The van der Waals surface area contributed by atoms with Crippen molar-refractivity contribution in [2.75, 3.05) is 16.8 Å². The van der Waals surface area contributed by atoms with Crippen LogP contribution >= 0.6 is 0 Å². The fourth-order valence-electron chi connectivity index (χ4n) is 4.40. The molecule has 1 aromatic heterocycles. The van der Waals surface area contributed by atoms with Crippen LogP contribution in [0.3, 0.4) is 0 Å². The van der Waals surface area contributed by atoms with Gasteiger partial charge in [0.25, 0.3) is 5.91 Å². The fourth-order valence-corrected chi connectivity index (χ4v) is 4.40. The van der Waals surface area contributed by atoms with Crippen molar-refractivity contribution >= 4 is 40.1 Å². The van der Waals surface area contributed by atoms with Gasteiger partial charge in [0.2, 0.25) is 11.8 Å². The van der Waals surface area contributed by atoms with E-state index in [2.05, 4.69) is 15.3 Å². The van der Waals surface area contributed by atoms with Gasteiger partial charge in [0.1, 0.15) is 12.2 Å². The van der Waals surface area contributed by atoms with Crippen LogP contribution in [0.25, 0.3) is 11.0 Å². The van der Waals surface area contributed by atoms with Crippen LogP contribution in [0.15, 0.2) is 47.3 Å². The molecule has 0 aliphatic carbocycles. The van der Waals surface area contributed by atoms with E-state index in [-0.39, 0.29) is 30.0 Å². The Labute approximate surface area is 170 Å². The molecular formula is C21H19N5O4. The van der Waals surface area contributed by atoms with E-state index in [9.17, 15) is 19.2 Å². The number of amides is 3. The topological polar surface area (TPSA) is 118 Å². The Balaban J connectivity index is 1.44. The zero-order chi connectivity index (χ0) is 21.0. The average Bonchev–Trinajstić information content (AvgIpc) is 3.24. The van der Waals surface area contributed by atoms with E-state index < -0.39 is 5.66 Å². The molecule has 3 N–H and O–H groups in total. The third-order valence-corrected chi connectivity index (χ3v) is 5.85. The van der Waals surface area contributed by atoms with Crippen molar-refractivity contribution in [3.05, 3.63) is 58.5 Å². The lowest BCUT2D eigenvalue weighted by molar-refractivity contribution is -0.120. The van der Waals surface area contributed by atoms with Crippen molar-refractivity contribution in [1.29, 1.82) is 0 Å². The number of rotatable bonds is 3. The van der Waals surface area contributed by atoms with Crippen LogP contribution in [0.5, 0.6) is 0 Å². The van der Waals surface area contributed by atoms with Gasteiger partial charge < -0.3 is 20.2 Å². The summed E-state index contributed by atoms with van der Waals surface area (Å²) in [5, 5.41) is 2.77. The Morgan fingerprint density at radius 3 is 2.70 bits per heavy atom. The van der Waals surface area contributed by atoms with Crippen molar-refractivity contribution in [2.24, 2.45) is 0 Å². The number of benzene rings is 2. The third-order valence-electron chi connectivity index (χ3n) is 5.85. The number of nitrogens with zero attached hydrogens (tertiary/aromatic N) is 2. The molecule has 0 bridgehead atoms. The molecule has 152 valence electrons. The lowest BCUT2D eigenvalue weighted by Crippen LogP contribution is -2.63. The summed E-state index contributed by atoms with van der Waals surface area (Å²) in [6.45, 7) is 1.62. The summed E-state index contributed by atoms with van der Waals surface area (Å²) in [7, 11) is 0. The zero-order valence-corrected chi connectivity index (χ0v) is 16.2. The van der Waals surface area contributed by atoms with Crippen LogP contribution < -0.4 is 15.9 Å². The van der Waals surface area contributed by atoms with E-state index in [0.29, 0.717) is 40.8 Å². The maximum atomic E-state index is 13.2. The quantitative estimate of drug-likeness (QED) is 0.616. The second kappa shape index (κ2) is 6.31. The number of fused-ring (bicyclic) bond motifs is 4. The second-order valence-corrected chi connectivity index (χ2v) is 7.74. The molecule has 0 radical (unpaired) electrons. The molecule has 2 aliphatic heterocycles. The van der Waals surface area contributed by atoms with Gasteiger partial charge in [-0.3, -0.25) is 19.3 Å².